The third-order valence-electron chi connectivity index (χ3n) is 7.15. The van der Waals surface area contributed by atoms with Gasteiger partial charge in [-0.25, -0.2) is 0 Å². The SMILES string of the molecule is CC[C@H](C)N1C(=O)[C@@H]2[C@H](C1=O)[C@@H](C(=O)c1ccccc1)N1c3ccccc3C(C)=C[C@@H]21. The number of fused-ring (bicyclic) bond motifs is 5. The molecule has 0 aliphatic carbocycles. The van der Waals surface area contributed by atoms with E-state index in [0.717, 1.165) is 16.8 Å². The Kier molecular flexibility index (Phi) is 4.58. The van der Waals surface area contributed by atoms with Crippen LogP contribution in [-0.2, 0) is 9.59 Å². The van der Waals surface area contributed by atoms with Gasteiger partial charge in [-0.1, -0.05) is 61.5 Å². The Bertz CT molecular complexity index is 1110. The molecule has 2 fully saturated rings. The molecule has 158 valence electrons. The number of anilines is 1. The monoisotopic (exact) mass is 414 g/mol. The van der Waals surface area contributed by atoms with Crippen molar-refractivity contribution >= 4 is 28.9 Å². The minimum Gasteiger partial charge on any atom is -0.352 e. The number of carbonyl (C=O) groups excluding carboxylic acids is 3. The van der Waals surface area contributed by atoms with Crippen molar-refractivity contribution in [3.05, 3.63) is 71.8 Å². The molecule has 3 aliphatic rings. The maximum atomic E-state index is 13.8. The Hall–Kier alpha value is -3.21. The number of hydrogen-bond acceptors (Lipinski definition) is 4. The number of hydrogen-bond donors (Lipinski definition) is 0. The zero-order valence-corrected chi connectivity index (χ0v) is 18.0. The van der Waals surface area contributed by atoms with E-state index >= 15 is 0 Å². The molecule has 5 heteroatoms. The Labute approximate surface area is 182 Å². The van der Waals surface area contributed by atoms with Crippen LogP contribution < -0.4 is 4.90 Å². The van der Waals surface area contributed by atoms with Crippen LogP contribution in [-0.4, -0.2) is 40.6 Å². The molecule has 3 aliphatic heterocycles. The zero-order chi connectivity index (χ0) is 21.9. The minimum atomic E-state index is -0.701. The number of likely N-dealkylation sites (tertiary alicyclic amines) is 1. The van der Waals surface area contributed by atoms with E-state index in [4.69, 9.17) is 0 Å². The van der Waals surface area contributed by atoms with Crippen molar-refractivity contribution in [2.45, 2.75) is 45.3 Å². The van der Waals surface area contributed by atoms with E-state index < -0.39 is 17.9 Å². The van der Waals surface area contributed by atoms with Gasteiger partial charge in [0.15, 0.2) is 5.78 Å². The summed E-state index contributed by atoms with van der Waals surface area (Å²) in [4.78, 5) is 44.3. The lowest BCUT2D eigenvalue weighted by atomic mass is 9.85. The number of allylic oxidation sites excluding steroid dienone is 1. The minimum absolute atomic E-state index is 0.104. The van der Waals surface area contributed by atoms with Crippen molar-refractivity contribution in [2.75, 3.05) is 4.90 Å². The Balaban J connectivity index is 1.69. The van der Waals surface area contributed by atoms with Crippen molar-refractivity contribution in [1.29, 1.82) is 0 Å². The van der Waals surface area contributed by atoms with Crippen LogP contribution in [0.1, 0.15) is 43.1 Å². The van der Waals surface area contributed by atoms with Crippen molar-refractivity contribution < 1.29 is 14.4 Å². The molecule has 2 aromatic rings. The maximum absolute atomic E-state index is 13.8. The second kappa shape index (κ2) is 7.19. The third kappa shape index (κ3) is 2.72. The zero-order valence-electron chi connectivity index (χ0n) is 18.0. The second-order valence-electron chi connectivity index (χ2n) is 8.80. The average Bonchev–Trinajstić information content (AvgIpc) is 3.26. The summed E-state index contributed by atoms with van der Waals surface area (Å²) in [5.41, 5.74) is 3.61. The van der Waals surface area contributed by atoms with Crippen LogP contribution >= 0.6 is 0 Å². The van der Waals surface area contributed by atoms with Gasteiger partial charge in [0, 0.05) is 22.9 Å². The van der Waals surface area contributed by atoms with E-state index in [1.54, 1.807) is 12.1 Å². The number of para-hydroxylation sites is 1. The summed E-state index contributed by atoms with van der Waals surface area (Å²) < 4.78 is 0. The molecule has 2 amide bonds. The van der Waals surface area contributed by atoms with Crippen LogP contribution in [0.4, 0.5) is 5.69 Å². The highest BCUT2D eigenvalue weighted by atomic mass is 16.2. The van der Waals surface area contributed by atoms with Gasteiger partial charge in [-0.3, -0.25) is 19.3 Å². The van der Waals surface area contributed by atoms with Gasteiger partial charge in [0.05, 0.1) is 17.9 Å². The first kappa shape index (κ1) is 19.7. The van der Waals surface area contributed by atoms with E-state index in [1.165, 1.54) is 4.90 Å². The molecule has 0 N–H and O–H groups in total. The van der Waals surface area contributed by atoms with Gasteiger partial charge < -0.3 is 4.90 Å². The normalized spacial score (nSPS) is 27.5. The molecular weight excluding hydrogens is 388 g/mol. The molecule has 0 unspecified atom stereocenters. The van der Waals surface area contributed by atoms with Crippen LogP contribution in [0, 0.1) is 11.8 Å². The molecule has 2 saturated heterocycles. The van der Waals surface area contributed by atoms with E-state index in [-0.39, 0.29) is 29.7 Å². The molecule has 31 heavy (non-hydrogen) atoms. The fourth-order valence-electron chi connectivity index (χ4n) is 5.51. The van der Waals surface area contributed by atoms with Gasteiger partial charge >= 0.3 is 0 Å². The standard InChI is InChI=1S/C26H26N2O3/c1-4-16(3)27-25(30)21-20-14-15(2)18-12-8-9-13-19(18)28(20)23(22(21)26(27)31)24(29)17-10-6-5-7-11-17/h5-14,16,20-23H,4H2,1-3H3/t16-,20-,21-,22-,23-/m0/s1. The largest absolute Gasteiger partial charge is 0.352 e. The first-order valence-electron chi connectivity index (χ1n) is 11.0. The molecule has 5 rings (SSSR count). The van der Waals surface area contributed by atoms with Gasteiger partial charge in [-0.2, -0.15) is 0 Å². The number of benzene rings is 2. The van der Waals surface area contributed by atoms with Crippen molar-refractivity contribution in [3.63, 3.8) is 0 Å². The number of ketones is 1. The van der Waals surface area contributed by atoms with E-state index in [9.17, 15) is 14.4 Å². The highest BCUT2D eigenvalue weighted by Gasteiger charge is 2.64. The van der Waals surface area contributed by atoms with Gasteiger partial charge in [-0.15, -0.1) is 0 Å². The second-order valence-corrected chi connectivity index (χ2v) is 8.80. The van der Waals surface area contributed by atoms with Gasteiger partial charge in [-0.05, 0) is 31.9 Å². The van der Waals surface area contributed by atoms with Crippen LogP contribution in [0.2, 0.25) is 0 Å². The Morgan fingerprint density at radius 2 is 1.61 bits per heavy atom. The van der Waals surface area contributed by atoms with E-state index in [0.29, 0.717) is 12.0 Å². The molecular formula is C26H26N2O3. The molecule has 0 radical (unpaired) electrons. The van der Waals surface area contributed by atoms with Gasteiger partial charge in [0.25, 0.3) is 0 Å². The van der Waals surface area contributed by atoms with E-state index in [2.05, 4.69) is 6.08 Å². The summed E-state index contributed by atoms with van der Waals surface area (Å²) in [6.07, 6.45) is 2.77. The fourth-order valence-corrected chi connectivity index (χ4v) is 5.51. The van der Waals surface area contributed by atoms with Crippen molar-refractivity contribution in [1.82, 2.24) is 4.90 Å². The third-order valence-corrected chi connectivity index (χ3v) is 7.15. The number of amides is 2. The topological polar surface area (TPSA) is 57.7 Å². The highest BCUT2D eigenvalue weighted by Crippen LogP contribution is 2.50. The smallest absolute Gasteiger partial charge is 0.236 e. The predicted molar refractivity (Wildman–Crippen MR) is 120 cm³/mol. The Morgan fingerprint density at radius 1 is 0.968 bits per heavy atom. The lowest BCUT2D eigenvalue weighted by Gasteiger charge is -2.38. The molecule has 0 spiro atoms. The summed E-state index contributed by atoms with van der Waals surface area (Å²) in [6, 6.07) is 15.9. The number of Topliss-reactive ketones (excluding diaryl/α,β-unsaturated/α-hetero) is 1. The van der Waals surface area contributed by atoms with Crippen LogP contribution in [0.15, 0.2) is 60.7 Å². The lowest BCUT2D eigenvalue weighted by molar-refractivity contribution is -0.142. The van der Waals surface area contributed by atoms with Crippen molar-refractivity contribution in [2.24, 2.45) is 11.8 Å². The molecule has 0 bridgehead atoms. The predicted octanol–water partition coefficient (Wildman–Crippen LogP) is 3.94. The average molecular weight is 415 g/mol. The summed E-state index contributed by atoms with van der Waals surface area (Å²) in [7, 11) is 0. The fraction of sp³-hybridized carbons (Fsp3) is 0.346. The highest BCUT2D eigenvalue weighted by molar-refractivity contribution is 6.14. The Morgan fingerprint density at radius 3 is 2.32 bits per heavy atom. The molecule has 2 aromatic carbocycles. The number of rotatable bonds is 4. The quantitative estimate of drug-likeness (QED) is 0.562. The van der Waals surface area contributed by atoms with E-state index in [1.807, 2.05) is 68.1 Å². The summed E-state index contributed by atoms with van der Waals surface area (Å²) in [5, 5.41) is 0. The summed E-state index contributed by atoms with van der Waals surface area (Å²) in [6.45, 7) is 5.91. The van der Waals surface area contributed by atoms with Gasteiger partial charge in [0.1, 0.15) is 6.04 Å². The first-order chi connectivity index (χ1) is 15.0. The van der Waals surface area contributed by atoms with Crippen LogP contribution in [0.3, 0.4) is 0 Å². The molecule has 0 saturated carbocycles. The first-order valence-corrected chi connectivity index (χ1v) is 11.0. The molecule has 3 heterocycles. The molecule has 5 nitrogen and oxygen atoms in total. The van der Waals surface area contributed by atoms with Crippen LogP contribution in [0.25, 0.3) is 5.57 Å². The molecule has 0 aromatic heterocycles. The summed E-state index contributed by atoms with van der Waals surface area (Å²) in [5.74, 6) is -1.67. The number of nitrogens with zero attached hydrogens (tertiary/aromatic N) is 2. The number of carbonyl (C=O) groups is 3. The lowest BCUT2D eigenvalue weighted by Crippen LogP contribution is -2.50. The van der Waals surface area contributed by atoms with Gasteiger partial charge in [0.2, 0.25) is 11.8 Å². The summed E-state index contributed by atoms with van der Waals surface area (Å²) >= 11 is 0. The molecule has 5 atom stereocenters. The maximum Gasteiger partial charge on any atom is 0.236 e. The van der Waals surface area contributed by atoms with Crippen molar-refractivity contribution in [3.8, 4) is 0 Å². The number of imide groups is 1. The van der Waals surface area contributed by atoms with Crippen LogP contribution in [0.5, 0.6) is 0 Å².